The Morgan fingerprint density at radius 3 is 2.80 bits per heavy atom. The summed E-state index contributed by atoms with van der Waals surface area (Å²) in [6, 6.07) is 12.5. The number of amides is 1. The van der Waals surface area contributed by atoms with Gasteiger partial charge in [0.05, 0.1) is 23.3 Å². The molecule has 3 aromatic rings. The number of fused-ring (bicyclic) bond motifs is 4. The number of carbonyl (C=O) groups is 2. The number of aromatic nitrogens is 1. The van der Waals surface area contributed by atoms with Crippen LogP contribution in [0.5, 0.6) is 11.5 Å². The van der Waals surface area contributed by atoms with E-state index < -0.39 is 12.1 Å². The molecule has 0 bridgehead atoms. The molecule has 0 radical (unpaired) electrons. The number of hydrogen-bond donors (Lipinski definition) is 2. The fourth-order valence-electron chi connectivity index (χ4n) is 4.41. The number of halogens is 1. The highest BCUT2D eigenvalue weighted by Crippen LogP contribution is 2.41. The van der Waals surface area contributed by atoms with E-state index in [1.54, 1.807) is 11.6 Å². The van der Waals surface area contributed by atoms with Gasteiger partial charge in [-0.3, -0.25) is 19.5 Å². The largest absolute Gasteiger partial charge is 0.454 e. The normalized spacial score (nSPS) is 19.5. The minimum Gasteiger partial charge on any atom is -0.454 e. The van der Waals surface area contributed by atoms with Gasteiger partial charge in [0.25, 0.3) is 0 Å². The molecule has 7 nitrogen and oxygen atoms in total. The maximum Gasteiger partial charge on any atom is 0.246 e. The zero-order valence-electron chi connectivity index (χ0n) is 16.3. The summed E-state index contributed by atoms with van der Waals surface area (Å²) >= 11 is 5.97. The van der Waals surface area contributed by atoms with Crippen molar-refractivity contribution in [3.05, 3.63) is 59.3 Å². The van der Waals surface area contributed by atoms with Crippen LogP contribution in [0.15, 0.2) is 42.5 Å². The third-order valence-corrected chi connectivity index (χ3v) is 5.95. The fourth-order valence-corrected chi connectivity index (χ4v) is 4.52. The molecule has 5 rings (SSSR count). The van der Waals surface area contributed by atoms with Crippen LogP contribution in [0.1, 0.15) is 27.7 Å². The second-order valence-corrected chi connectivity index (χ2v) is 7.59. The standard InChI is InChI=1S/C22H20ClN3O4/c1-24-22(28)15-9-14-13-4-2-3-5-16(13)26(19(27)10-23)21(14)20(25-15)12-6-7-17-18(8-12)30-11-29-17/h2-8,15,20,25H,9-11H2,1H3,(H,24,28)/t15-,20-/m1/s1. The molecule has 2 aromatic carbocycles. The Morgan fingerprint density at radius 2 is 2.00 bits per heavy atom. The van der Waals surface area contributed by atoms with Gasteiger partial charge in [-0.05, 0) is 35.7 Å². The first-order valence-corrected chi connectivity index (χ1v) is 10.2. The maximum absolute atomic E-state index is 12.9. The predicted molar refractivity (Wildman–Crippen MR) is 112 cm³/mol. The van der Waals surface area contributed by atoms with Gasteiger partial charge in [-0.2, -0.15) is 0 Å². The SMILES string of the molecule is CNC(=O)[C@H]1Cc2c(n(C(=O)CCl)c3ccccc23)[C@@H](c2ccc3c(c2)OCO3)N1. The van der Waals surface area contributed by atoms with E-state index in [1.807, 2.05) is 42.5 Å². The Balaban J connectivity index is 1.75. The Bertz CT molecular complexity index is 1170. The van der Waals surface area contributed by atoms with Crippen molar-refractivity contribution in [1.82, 2.24) is 15.2 Å². The molecule has 1 aromatic heterocycles. The molecule has 3 heterocycles. The molecule has 30 heavy (non-hydrogen) atoms. The van der Waals surface area contributed by atoms with Gasteiger partial charge in [-0.15, -0.1) is 11.6 Å². The number of ether oxygens (including phenoxy) is 2. The molecule has 0 spiro atoms. The number of alkyl halides is 1. The molecule has 0 unspecified atom stereocenters. The van der Waals surface area contributed by atoms with Crippen LogP contribution < -0.4 is 20.1 Å². The van der Waals surface area contributed by atoms with E-state index >= 15 is 0 Å². The lowest BCUT2D eigenvalue weighted by Crippen LogP contribution is -2.49. The lowest BCUT2D eigenvalue weighted by molar-refractivity contribution is -0.122. The molecular weight excluding hydrogens is 406 g/mol. The van der Waals surface area contributed by atoms with Crippen LogP contribution in [0.25, 0.3) is 10.9 Å². The van der Waals surface area contributed by atoms with Crippen LogP contribution in [0.3, 0.4) is 0 Å². The average molecular weight is 426 g/mol. The van der Waals surface area contributed by atoms with E-state index in [0.29, 0.717) is 17.9 Å². The van der Waals surface area contributed by atoms with Gasteiger partial charge in [-0.25, -0.2) is 0 Å². The van der Waals surface area contributed by atoms with Gasteiger partial charge in [-0.1, -0.05) is 24.3 Å². The molecule has 1 amide bonds. The van der Waals surface area contributed by atoms with Gasteiger partial charge in [0.15, 0.2) is 11.5 Å². The molecule has 2 atom stereocenters. The quantitative estimate of drug-likeness (QED) is 0.630. The third kappa shape index (κ3) is 2.85. The summed E-state index contributed by atoms with van der Waals surface area (Å²) in [6.45, 7) is 0.175. The summed E-state index contributed by atoms with van der Waals surface area (Å²) in [5, 5.41) is 7.10. The number of benzene rings is 2. The highest BCUT2D eigenvalue weighted by molar-refractivity contribution is 6.28. The molecule has 2 aliphatic rings. The van der Waals surface area contributed by atoms with Gasteiger partial charge in [0.2, 0.25) is 18.6 Å². The van der Waals surface area contributed by atoms with Gasteiger partial charge in [0, 0.05) is 12.4 Å². The van der Waals surface area contributed by atoms with Crippen LogP contribution in [0, 0.1) is 0 Å². The zero-order valence-corrected chi connectivity index (χ0v) is 17.0. The number of nitrogens with one attached hydrogen (secondary N) is 2. The lowest BCUT2D eigenvalue weighted by Gasteiger charge is -2.32. The topological polar surface area (TPSA) is 81.6 Å². The molecule has 0 fully saturated rings. The van der Waals surface area contributed by atoms with Gasteiger partial charge >= 0.3 is 0 Å². The summed E-state index contributed by atoms with van der Waals surface area (Å²) in [5.74, 6) is 0.865. The van der Waals surface area contributed by atoms with E-state index in [2.05, 4.69) is 10.6 Å². The summed E-state index contributed by atoms with van der Waals surface area (Å²) < 4.78 is 12.7. The van der Waals surface area contributed by atoms with Crippen molar-refractivity contribution in [2.45, 2.75) is 18.5 Å². The first-order valence-electron chi connectivity index (χ1n) is 9.71. The van der Waals surface area contributed by atoms with Crippen LogP contribution >= 0.6 is 11.6 Å². The van der Waals surface area contributed by atoms with Crippen LogP contribution in [-0.2, 0) is 11.2 Å². The number of para-hydroxylation sites is 1. The summed E-state index contributed by atoms with van der Waals surface area (Å²) in [6.07, 6.45) is 0.471. The summed E-state index contributed by atoms with van der Waals surface area (Å²) in [5.41, 5.74) is 3.44. The van der Waals surface area contributed by atoms with E-state index in [1.165, 1.54) is 0 Å². The highest BCUT2D eigenvalue weighted by atomic mass is 35.5. The van der Waals surface area contributed by atoms with Crippen molar-refractivity contribution in [2.75, 3.05) is 19.7 Å². The van der Waals surface area contributed by atoms with Crippen LogP contribution in [-0.4, -0.2) is 42.1 Å². The Kier molecular flexibility index (Phi) is 4.64. The highest BCUT2D eigenvalue weighted by Gasteiger charge is 2.37. The van der Waals surface area contributed by atoms with Gasteiger partial charge in [0.1, 0.15) is 5.88 Å². The number of carbonyl (C=O) groups excluding carboxylic acids is 2. The molecule has 0 saturated heterocycles. The number of nitrogens with zero attached hydrogens (tertiary/aromatic N) is 1. The van der Waals surface area contributed by atoms with E-state index in [-0.39, 0.29) is 24.5 Å². The Morgan fingerprint density at radius 1 is 1.20 bits per heavy atom. The minimum atomic E-state index is -0.441. The lowest BCUT2D eigenvalue weighted by atomic mass is 9.89. The zero-order chi connectivity index (χ0) is 20.8. The molecular formula is C22H20ClN3O4. The van der Waals surface area contributed by atoms with E-state index in [4.69, 9.17) is 21.1 Å². The number of hydrogen-bond acceptors (Lipinski definition) is 5. The van der Waals surface area contributed by atoms with Crippen LogP contribution in [0.2, 0.25) is 0 Å². The second-order valence-electron chi connectivity index (χ2n) is 7.33. The van der Waals surface area contributed by atoms with Crippen molar-refractivity contribution in [3.63, 3.8) is 0 Å². The summed E-state index contributed by atoms with van der Waals surface area (Å²) in [4.78, 5) is 25.4. The van der Waals surface area contributed by atoms with E-state index in [0.717, 1.165) is 27.7 Å². The van der Waals surface area contributed by atoms with Crippen molar-refractivity contribution >= 4 is 34.3 Å². The molecule has 154 valence electrons. The molecule has 2 aliphatic heterocycles. The van der Waals surface area contributed by atoms with Crippen LogP contribution in [0.4, 0.5) is 0 Å². The van der Waals surface area contributed by atoms with Crippen molar-refractivity contribution in [1.29, 1.82) is 0 Å². The average Bonchev–Trinajstić information content (AvgIpc) is 3.39. The first kappa shape index (κ1) is 19.0. The minimum absolute atomic E-state index is 0.105. The Hall–Kier alpha value is -3.03. The third-order valence-electron chi connectivity index (χ3n) is 5.73. The monoisotopic (exact) mass is 425 g/mol. The van der Waals surface area contributed by atoms with Crippen molar-refractivity contribution in [2.24, 2.45) is 0 Å². The predicted octanol–water partition coefficient (Wildman–Crippen LogP) is 2.60. The molecule has 0 saturated carbocycles. The maximum atomic E-state index is 12.9. The second kappa shape index (κ2) is 7.34. The molecule has 2 N–H and O–H groups in total. The number of rotatable bonds is 3. The molecule has 8 heteroatoms. The van der Waals surface area contributed by atoms with Crippen molar-refractivity contribution < 1.29 is 19.1 Å². The smallest absolute Gasteiger partial charge is 0.246 e. The first-order chi connectivity index (χ1) is 14.6. The van der Waals surface area contributed by atoms with Crippen molar-refractivity contribution in [3.8, 4) is 11.5 Å². The fraction of sp³-hybridized carbons (Fsp3) is 0.273. The number of likely N-dealkylation sites (N-methyl/N-ethyl adjacent to an activating group) is 1. The van der Waals surface area contributed by atoms with E-state index in [9.17, 15) is 9.59 Å². The molecule has 0 aliphatic carbocycles. The Labute approximate surface area is 177 Å². The summed E-state index contributed by atoms with van der Waals surface area (Å²) in [7, 11) is 1.62. The van der Waals surface area contributed by atoms with Gasteiger partial charge < -0.3 is 14.8 Å².